The van der Waals surface area contributed by atoms with Crippen LogP contribution in [0.1, 0.15) is 33.1 Å². The molecule has 2 aliphatic rings. The van der Waals surface area contributed by atoms with Crippen LogP contribution >= 0.6 is 0 Å². The fraction of sp³-hybridized carbons (Fsp3) is 0.583. The van der Waals surface area contributed by atoms with E-state index in [4.69, 9.17) is 4.42 Å². The Kier molecular flexibility index (Phi) is 7.19. The summed E-state index contributed by atoms with van der Waals surface area (Å²) in [5, 5.41) is 14.9. The van der Waals surface area contributed by atoms with Crippen LogP contribution in [0.5, 0.6) is 0 Å². The molecule has 3 unspecified atom stereocenters. The van der Waals surface area contributed by atoms with E-state index < -0.39 is 0 Å². The first-order valence-corrected chi connectivity index (χ1v) is 11.7. The quantitative estimate of drug-likeness (QED) is 0.461. The summed E-state index contributed by atoms with van der Waals surface area (Å²) in [7, 11) is 0. The summed E-state index contributed by atoms with van der Waals surface area (Å²) < 4.78 is 5.94. The van der Waals surface area contributed by atoms with E-state index in [2.05, 4.69) is 52.7 Å². The fourth-order valence-corrected chi connectivity index (χ4v) is 4.87. The predicted octanol–water partition coefficient (Wildman–Crippen LogP) is 3.14. The number of pyridine rings is 1. The van der Waals surface area contributed by atoms with E-state index in [0.717, 1.165) is 51.1 Å². The van der Waals surface area contributed by atoms with E-state index in [9.17, 15) is 4.79 Å². The minimum Gasteiger partial charge on any atom is -0.421 e. The molecule has 1 fully saturated rings. The Labute approximate surface area is 189 Å². The van der Waals surface area contributed by atoms with Gasteiger partial charge in [0.05, 0.1) is 5.56 Å². The lowest BCUT2D eigenvalue weighted by atomic mass is 9.70. The first kappa shape index (κ1) is 22.5. The van der Waals surface area contributed by atoms with Gasteiger partial charge in [0.25, 0.3) is 0 Å². The normalized spacial score (nSPS) is 23.5. The molecule has 0 spiro atoms. The van der Waals surface area contributed by atoms with Crippen LogP contribution in [0.2, 0.25) is 0 Å². The molecule has 32 heavy (non-hydrogen) atoms. The van der Waals surface area contributed by atoms with Crippen molar-refractivity contribution < 1.29 is 9.21 Å². The van der Waals surface area contributed by atoms with Gasteiger partial charge < -0.3 is 20.0 Å². The summed E-state index contributed by atoms with van der Waals surface area (Å²) in [6, 6.07) is 3.85. The molecule has 3 atom stereocenters. The summed E-state index contributed by atoms with van der Waals surface area (Å²) in [4.78, 5) is 17.7. The number of nitrogens with one attached hydrogen (secondary N) is 2. The van der Waals surface area contributed by atoms with Gasteiger partial charge in [0, 0.05) is 51.5 Å². The van der Waals surface area contributed by atoms with E-state index in [-0.39, 0.29) is 6.03 Å². The molecule has 8 heteroatoms. The SMILES string of the molecule is CC1=CC(CNCCN2CCNC2=O)C(C(C)C)CC1Cc1nnc(-c2cccnc2)o1. The van der Waals surface area contributed by atoms with Crippen molar-refractivity contribution >= 4 is 6.03 Å². The van der Waals surface area contributed by atoms with Crippen molar-refractivity contribution in [2.45, 2.75) is 33.6 Å². The third-order valence-corrected chi connectivity index (χ3v) is 6.76. The Morgan fingerprint density at radius 1 is 1.34 bits per heavy atom. The highest BCUT2D eigenvalue weighted by Gasteiger charge is 2.32. The number of urea groups is 1. The van der Waals surface area contributed by atoms with E-state index in [1.54, 1.807) is 12.4 Å². The third kappa shape index (κ3) is 5.35. The van der Waals surface area contributed by atoms with Gasteiger partial charge in [-0.25, -0.2) is 4.79 Å². The molecule has 8 nitrogen and oxygen atoms in total. The lowest BCUT2D eigenvalue weighted by Gasteiger charge is -2.37. The Morgan fingerprint density at radius 3 is 2.94 bits per heavy atom. The number of hydrogen-bond acceptors (Lipinski definition) is 6. The maximum Gasteiger partial charge on any atom is 0.317 e. The molecule has 3 heterocycles. The van der Waals surface area contributed by atoms with Gasteiger partial charge in [0.2, 0.25) is 11.8 Å². The Hall–Kier alpha value is -2.74. The monoisotopic (exact) mass is 438 g/mol. The van der Waals surface area contributed by atoms with Gasteiger partial charge in [-0.05, 0) is 49.1 Å². The van der Waals surface area contributed by atoms with Gasteiger partial charge in [-0.2, -0.15) is 0 Å². The highest BCUT2D eigenvalue weighted by Crippen LogP contribution is 2.38. The molecule has 0 aromatic carbocycles. The standard InChI is InChI=1S/C24H34N6O2/c1-16(2)21-12-19(13-22-28-29-23(32-22)18-5-4-6-25-14-18)17(3)11-20(21)15-26-7-9-30-10-8-27-24(30)31/h4-6,11,14,16,19-21,26H,7-10,12-13,15H2,1-3H3,(H,27,31). The molecule has 4 rings (SSSR count). The smallest absolute Gasteiger partial charge is 0.317 e. The van der Waals surface area contributed by atoms with Gasteiger partial charge in [0.1, 0.15) is 0 Å². The molecule has 0 bridgehead atoms. The van der Waals surface area contributed by atoms with Crippen molar-refractivity contribution in [3.8, 4) is 11.5 Å². The maximum absolute atomic E-state index is 11.7. The molecule has 2 amide bonds. The minimum absolute atomic E-state index is 0.0517. The van der Waals surface area contributed by atoms with Crippen LogP contribution in [0.25, 0.3) is 11.5 Å². The van der Waals surface area contributed by atoms with Crippen LogP contribution < -0.4 is 10.6 Å². The van der Waals surface area contributed by atoms with Gasteiger partial charge in [-0.3, -0.25) is 4.98 Å². The largest absolute Gasteiger partial charge is 0.421 e. The van der Waals surface area contributed by atoms with E-state index >= 15 is 0 Å². The summed E-state index contributed by atoms with van der Waals surface area (Å²) in [5.41, 5.74) is 2.24. The van der Waals surface area contributed by atoms with E-state index in [0.29, 0.717) is 35.5 Å². The van der Waals surface area contributed by atoms with Crippen LogP contribution in [0, 0.1) is 23.7 Å². The Morgan fingerprint density at radius 2 is 2.22 bits per heavy atom. The average molecular weight is 439 g/mol. The number of allylic oxidation sites excluding steroid dienone is 1. The molecule has 172 valence electrons. The number of carbonyl (C=O) groups excluding carboxylic acids is 1. The zero-order chi connectivity index (χ0) is 22.5. The minimum atomic E-state index is 0.0517. The van der Waals surface area contributed by atoms with Crippen LogP contribution in [0.3, 0.4) is 0 Å². The van der Waals surface area contributed by atoms with Crippen molar-refractivity contribution in [1.82, 2.24) is 30.7 Å². The Bertz CT molecular complexity index is 926. The van der Waals surface area contributed by atoms with Crippen molar-refractivity contribution in [2.24, 2.45) is 23.7 Å². The highest BCUT2D eigenvalue weighted by atomic mass is 16.4. The second kappa shape index (κ2) is 10.3. The molecule has 0 saturated carbocycles. The molecule has 2 N–H and O–H groups in total. The average Bonchev–Trinajstić information content (AvgIpc) is 3.42. The van der Waals surface area contributed by atoms with Gasteiger partial charge in [-0.1, -0.05) is 25.5 Å². The first-order chi connectivity index (χ1) is 15.5. The number of carbonyl (C=O) groups is 1. The summed E-state index contributed by atoms with van der Waals surface area (Å²) in [6.45, 7) is 10.9. The summed E-state index contributed by atoms with van der Waals surface area (Å²) >= 11 is 0. The number of amides is 2. The summed E-state index contributed by atoms with van der Waals surface area (Å²) in [6.07, 6.45) is 7.80. The molecule has 1 aliphatic heterocycles. The van der Waals surface area contributed by atoms with Gasteiger partial charge in [0.15, 0.2) is 0 Å². The lowest BCUT2D eigenvalue weighted by Crippen LogP contribution is -2.39. The number of nitrogens with zero attached hydrogens (tertiary/aromatic N) is 4. The van der Waals surface area contributed by atoms with Crippen molar-refractivity contribution in [2.75, 3.05) is 32.7 Å². The molecular weight excluding hydrogens is 404 g/mol. The van der Waals surface area contributed by atoms with Crippen LogP contribution in [-0.4, -0.2) is 58.8 Å². The van der Waals surface area contributed by atoms with Gasteiger partial charge >= 0.3 is 6.03 Å². The zero-order valence-electron chi connectivity index (χ0n) is 19.3. The molecule has 1 aliphatic carbocycles. The van der Waals surface area contributed by atoms with Crippen molar-refractivity contribution in [3.63, 3.8) is 0 Å². The van der Waals surface area contributed by atoms with Crippen LogP contribution in [-0.2, 0) is 6.42 Å². The predicted molar refractivity (Wildman–Crippen MR) is 123 cm³/mol. The molecule has 2 aromatic rings. The van der Waals surface area contributed by atoms with Crippen molar-refractivity contribution in [3.05, 3.63) is 42.1 Å². The second-order valence-corrected chi connectivity index (χ2v) is 9.28. The number of aromatic nitrogens is 3. The van der Waals surface area contributed by atoms with Gasteiger partial charge in [-0.15, -0.1) is 10.2 Å². The number of rotatable bonds is 9. The maximum atomic E-state index is 11.7. The Balaban J connectivity index is 1.34. The van der Waals surface area contributed by atoms with E-state index in [1.165, 1.54) is 5.57 Å². The zero-order valence-corrected chi connectivity index (χ0v) is 19.3. The number of hydrogen-bond donors (Lipinski definition) is 2. The second-order valence-electron chi connectivity index (χ2n) is 9.28. The summed E-state index contributed by atoms with van der Waals surface area (Å²) in [5.74, 6) is 3.30. The molecule has 0 radical (unpaired) electrons. The lowest BCUT2D eigenvalue weighted by molar-refractivity contribution is 0.210. The molecule has 1 saturated heterocycles. The van der Waals surface area contributed by atoms with Crippen LogP contribution in [0.15, 0.2) is 40.6 Å². The third-order valence-electron chi connectivity index (χ3n) is 6.76. The fourth-order valence-electron chi connectivity index (χ4n) is 4.87. The molecule has 2 aromatic heterocycles. The molecular formula is C24H34N6O2. The van der Waals surface area contributed by atoms with Crippen LogP contribution in [0.4, 0.5) is 4.79 Å². The topological polar surface area (TPSA) is 96.2 Å². The first-order valence-electron chi connectivity index (χ1n) is 11.7. The van der Waals surface area contributed by atoms with E-state index in [1.807, 2.05) is 17.0 Å². The van der Waals surface area contributed by atoms with Crippen molar-refractivity contribution in [1.29, 1.82) is 0 Å². The highest BCUT2D eigenvalue weighted by molar-refractivity contribution is 5.76.